The summed E-state index contributed by atoms with van der Waals surface area (Å²) in [5, 5.41) is 2.91. The minimum Gasteiger partial charge on any atom is -0.494 e. The summed E-state index contributed by atoms with van der Waals surface area (Å²) in [6.45, 7) is 2.60. The molecule has 0 saturated heterocycles. The van der Waals surface area contributed by atoms with Crippen LogP contribution in [0.1, 0.15) is 12.5 Å². The van der Waals surface area contributed by atoms with Crippen LogP contribution in [0.4, 0.5) is 5.69 Å². The summed E-state index contributed by atoms with van der Waals surface area (Å²) < 4.78 is 5.41. The number of para-hydroxylation sites is 1. The van der Waals surface area contributed by atoms with Crippen molar-refractivity contribution in [3.8, 4) is 5.75 Å². The van der Waals surface area contributed by atoms with Crippen LogP contribution in [-0.2, 0) is 4.79 Å². The van der Waals surface area contributed by atoms with Crippen molar-refractivity contribution in [3.63, 3.8) is 0 Å². The standard InChI is InChI=1S/C17H15NO2S/c1-2-20-13-9-7-12(8-10-13)11-16-17(19)18-14-5-3-4-6-15(14)21-16/h3-11H,2H2,1H3,(H,18,19)/b16-11-. The van der Waals surface area contributed by atoms with Crippen LogP contribution in [0.15, 0.2) is 58.3 Å². The normalized spacial score (nSPS) is 15.5. The van der Waals surface area contributed by atoms with Gasteiger partial charge in [0.2, 0.25) is 0 Å². The van der Waals surface area contributed by atoms with Gasteiger partial charge in [0.05, 0.1) is 17.2 Å². The zero-order valence-electron chi connectivity index (χ0n) is 11.6. The molecule has 21 heavy (non-hydrogen) atoms. The second-order valence-electron chi connectivity index (χ2n) is 4.56. The molecule has 0 atom stereocenters. The number of carbonyl (C=O) groups excluding carboxylic acids is 1. The minimum atomic E-state index is -0.0624. The number of anilines is 1. The molecule has 0 radical (unpaired) electrons. The van der Waals surface area contributed by atoms with Gasteiger partial charge >= 0.3 is 0 Å². The molecule has 2 aromatic carbocycles. The Hall–Kier alpha value is -2.20. The lowest BCUT2D eigenvalue weighted by atomic mass is 10.2. The summed E-state index contributed by atoms with van der Waals surface area (Å²) in [7, 11) is 0. The van der Waals surface area contributed by atoms with E-state index in [9.17, 15) is 4.79 Å². The molecule has 1 amide bonds. The Morgan fingerprint density at radius 3 is 2.67 bits per heavy atom. The third-order valence-electron chi connectivity index (χ3n) is 3.07. The fourth-order valence-corrected chi connectivity index (χ4v) is 3.03. The molecule has 1 aliphatic rings. The molecule has 2 aromatic rings. The highest BCUT2D eigenvalue weighted by atomic mass is 32.2. The maximum absolute atomic E-state index is 12.1. The van der Waals surface area contributed by atoms with Crippen molar-refractivity contribution in [2.75, 3.05) is 11.9 Å². The molecule has 0 aliphatic carbocycles. The fourth-order valence-electron chi connectivity index (χ4n) is 2.08. The Bertz CT molecular complexity index is 692. The maximum Gasteiger partial charge on any atom is 0.262 e. The quantitative estimate of drug-likeness (QED) is 0.864. The molecule has 1 heterocycles. The number of carbonyl (C=O) groups is 1. The van der Waals surface area contributed by atoms with Gasteiger partial charge in [0.15, 0.2) is 0 Å². The Morgan fingerprint density at radius 2 is 1.90 bits per heavy atom. The molecule has 0 fully saturated rings. The topological polar surface area (TPSA) is 38.3 Å². The van der Waals surface area contributed by atoms with Gasteiger partial charge in [-0.05, 0) is 42.8 Å². The zero-order valence-corrected chi connectivity index (χ0v) is 12.4. The molecule has 1 N–H and O–H groups in total. The van der Waals surface area contributed by atoms with Crippen LogP contribution in [0.2, 0.25) is 0 Å². The monoisotopic (exact) mass is 297 g/mol. The molecule has 0 spiro atoms. The Morgan fingerprint density at radius 1 is 1.14 bits per heavy atom. The average molecular weight is 297 g/mol. The van der Waals surface area contributed by atoms with E-state index >= 15 is 0 Å². The number of amides is 1. The summed E-state index contributed by atoms with van der Waals surface area (Å²) in [5.74, 6) is 0.776. The van der Waals surface area contributed by atoms with Crippen molar-refractivity contribution >= 4 is 29.4 Å². The van der Waals surface area contributed by atoms with Crippen LogP contribution in [0.5, 0.6) is 5.75 Å². The highest BCUT2D eigenvalue weighted by Gasteiger charge is 2.20. The lowest BCUT2D eigenvalue weighted by Crippen LogP contribution is -2.17. The highest BCUT2D eigenvalue weighted by Crippen LogP contribution is 2.38. The molecule has 1 aliphatic heterocycles. The van der Waals surface area contributed by atoms with E-state index in [4.69, 9.17) is 4.74 Å². The first-order valence-electron chi connectivity index (χ1n) is 6.79. The molecule has 0 bridgehead atoms. The first-order valence-corrected chi connectivity index (χ1v) is 7.60. The number of nitrogens with one attached hydrogen (secondary N) is 1. The first-order chi connectivity index (χ1) is 10.3. The van der Waals surface area contributed by atoms with Gasteiger partial charge in [-0.3, -0.25) is 4.79 Å². The summed E-state index contributed by atoms with van der Waals surface area (Å²) in [6.07, 6.45) is 1.89. The predicted octanol–water partition coefficient (Wildman–Crippen LogP) is 4.17. The number of benzene rings is 2. The van der Waals surface area contributed by atoms with Gasteiger partial charge in [0.25, 0.3) is 5.91 Å². The summed E-state index contributed by atoms with van der Waals surface area (Å²) in [6, 6.07) is 15.5. The van der Waals surface area contributed by atoms with Crippen molar-refractivity contribution in [3.05, 3.63) is 59.0 Å². The van der Waals surface area contributed by atoms with E-state index < -0.39 is 0 Å². The lowest BCUT2D eigenvalue weighted by Gasteiger charge is -2.18. The van der Waals surface area contributed by atoms with Crippen LogP contribution in [0.25, 0.3) is 6.08 Å². The van der Waals surface area contributed by atoms with E-state index in [-0.39, 0.29) is 5.91 Å². The number of ether oxygens (including phenoxy) is 1. The van der Waals surface area contributed by atoms with Crippen molar-refractivity contribution in [1.82, 2.24) is 0 Å². The zero-order chi connectivity index (χ0) is 14.7. The van der Waals surface area contributed by atoms with Crippen molar-refractivity contribution in [2.24, 2.45) is 0 Å². The fraction of sp³-hybridized carbons (Fsp3) is 0.118. The minimum absolute atomic E-state index is 0.0624. The Balaban J connectivity index is 1.84. The second kappa shape index (κ2) is 6.06. The van der Waals surface area contributed by atoms with Gasteiger partial charge in [-0.2, -0.15) is 0 Å². The molecular formula is C17H15NO2S. The van der Waals surface area contributed by atoms with Crippen LogP contribution in [0.3, 0.4) is 0 Å². The number of rotatable bonds is 3. The van der Waals surface area contributed by atoms with E-state index in [1.165, 1.54) is 11.8 Å². The lowest BCUT2D eigenvalue weighted by molar-refractivity contribution is -0.112. The Labute approximate surface area is 128 Å². The number of hydrogen-bond acceptors (Lipinski definition) is 3. The molecule has 0 aromatic heterocycles. The third kappa shape index (κ3) is 3.11. The van der Waals surface area contributed by atoms with Gasteiger partial charge in [0, 0.05) is 4.90 Å². The molecule has 0 saturated carbocycles. The van der Waals surface area contributed by atoms with Crippen LogP contribution in [0, 0.1) is 0 Å². The van der Waals surface area contributed by atoms with E-state index in [1.54, 1.807) is 0 Å². The van der Waals surface area contributed by atoms with Gasteiger partial charge in [0.1, 0.15) is 5.75 Å². The van der Waals surface area contributed by atoms with Crippen molar-refractivity contribution < 1.29 is 9.53 Å². The maximum atomic E-state index is 12.1. The smallest absolute Gasteiger partial charge is 0.262 e. The number of fused-ring (bicyclic) bond motifs is 1. The van der Waals surface area contributed by atoms with E-state index in [0.29, 0.717) is 11.5 Å². The molecular weight excluding hydrogens is 282 g/mol. The summed E-state index contributed by atoms with van der Waals surface area (Å²) >= 11 is 1.49. The third-order valence-corrected chi connectivity index (χ3v) is 4.17. The van der Waals surface area contributed by atoms with E-state index in [1.807, 2.05) is 61.5 Å². The highest BCUT2D eigenvalue weighted by molar-refractivity contribution is 8.04. The van der Waals surface area contributed by atoms with Crippen LogP contribution in [-0.4, -0.2) is 12.5 Å². The molecule has 106 valence electrons. The van der Waals surface area contributed by atoms with E-state index in [0.717, 1.165) is 21.9 Å². The van der Waals surface area contributed by atoms with Crippen molar-refractivity contribution in [1.29, 1.82) is 0 Å². The average Bonchev–Trinajstić information content (AvgIpc) is 2.50. The van der Waals surface area contributed by atoms with Gasteiger partial charge in [-0.25, -0.2) is 0 Å². The van der Waals surface area contributed by atoms with Gasteiger partial charge < -0.3 is 10.1 Å². The number of hydrogen-bond donors (Lipinski definition) is 1. The first kappa shape index (κ1) is 13.8. The summed E-state index contributed by atoms with van der Waals surface area (Å²) in [4.78, 5) is 13.9. The van der Waals surface area contributed by atoms with Gasteiger partial charge in [-0.1, -0.05) is 36.0 Å². The van der Waals surface area contributed by atoms with Crippen molar-refractivity contribution in [2.45, 2.75) is 11.8 Å². The molecule has 3 rings (SSSR count). The number of thioether (sulfide) groups is 1. The summed E-state index contributed by atoms with van der Waals surface area (Å²) in [5.41, 5.74) is 1.85. The second-order valence-corrected chi connectivity index (χ2v) is 5.65. The molecule has 0 unspecified atom stereocenters. The Kier molecular flexibility index (Phi) is 3.97. The molecule has 4 heteroatoms. The molecule has 3 nitrogen and oxygen atoms in total. The van der Waals surface area contributed by atoms with Crippen LogP contribution >= 0.6 is 11.8 Å². The largest absolute Gasteiger partial charge is 0.494 e. The van der Waals surface area contributed by atoms with Gasteiger partial charge in [-0.15, -0.1) is 0 Å². The van der Waals surface area contributed by atoms with E-state index in [2.05, 4.69) is 5.32 Å². The SMILES string of the molecule is CCOc1ccc(/C=C2\Sc3ccccc3NC2=O)cc1. The predicted molar refractivity (Wildman–Crippen MR) is 86.5 cm³/mol. The van der Waals surface area contributed by atoms with Crippen LogP contribution < -0.4 is 10.1 Å².